The van der Waals surface area contributed by atoms with Crippen LogP contribution < -0.4 is 10.1 Å². The highest BCUT2D eigenvalue weighted by atomic mass is 79.9. The third-order valence-corrected chi connectivity index (χ3v) is 3.13. The molecule has 1 unspecified atom stereocenters. The van der Waals surface area contributed by atoms with Crippen molar-refractivity contribution in [1.29, 1.82) is 0 Å². The highest BCUT2D eigenvalue weighted by Gasteiger charge is 2.06. The van der Waals surface area contributed by atoms with Crippen molar-refractivity contribution in [1.82, 2.24) is 4.98 Å². The zero-order valence-electron chi connectivity index (χ0n) is 10.4. The van der Waals surface area contributed by atoms with E-state index in [1.807, 2.05) is 30.5 Å². The number of hydrogen-bond acceptors (Lipinski definition) is 3. The molecule has 0 aliphatic carbocycles. The second-order valence-corrected chi connectivity index (χ2v) is 4.95. The number of benzene rings is 1. The molecule has 3 nitrogen and oxygen atoms in total. The van der Waals surface area contributed by atoms with E-state index in [-0.39, 0.29) is 6.04 Å². The van der Waals surface area contributed by atoms with Gasteiger partial charge in [-0.25, -0.2) is 0 Å². The predicted octanol–water partition coefficient (Wildman–Crippen LogP) is 4.03. The van der Waals surface area contributed by atoms with E-state index in [1.54, 1.807) is 13.3 Å². The minimum absolute atomic E-state index is 0.192. The first-order chi connectivity index (χ1) is 8.69. The van der Waals surface area contributed by atoms with E-state index in [0.29, 0.717) is 0 Å². The standard InChI is InChI=1S/C14H15BrN2O/c1-10(11-4-3-5-16-9-11)17-13-6-12(15)7-14(8-13)18-2/h3-10,17H,1-2H3. The lowest BCUT2D eigenvalue weighted by Crippen LogP contribution is -2.06. The molecular weight excluding hydrogens is 292 g/mol. The van der Waals surface area contributed by atoms with Crippen molar-refractivity contribution in [3.8, 4) is 5.75 Å². The van der Waals surface area contributed by atoms with E-state index >= 15 is 0 Å². The molecule has 1 aromatic carbocycles. The number of nitrogens with one attached hydrogen (secondary N) is 1. The fraction of sp³-hybridized carbons (Fsp3) is 0.214. The Labute approximate surface area is 115 Å². The van der Waals surface area contributed by atoms with Crippen molar-refractivity contribution in [2.45, 2.75) is 13.0 Å². The molecule has 1 heterocycles. The maximum absolute atomic E-state index is 5.24. The SMILES string of the molecule is COc1cc(Br)cc(NC(C)c2cccnc2)c1. The maximum atomic E-state index is 5.24. The van der Waals surface area contributed by atoms with Gasteiger partial charge >= 0.3 is 0 Å². The van der Waals surface area contributed by atoms with Crippen molar-refractivity contribution in [3.63, 3.8) is 0 Å². The monoisotopic (exact) mass is 306 g/mol. The van der Waals surface area contributed by atoms with Gasteiger partial charge in [-0.05, 0) is 30.7 Å². The first-order valence-electron chi connectivity index (χ1n) is 5.70. The lowest BCUT2D eigenvalue weighted by molar-refractivity contribution is 0.414. The predicted molar refractivity (Wildman–Crippen MR) is 77.0 cm³/mol. The van der Waals surface area contributed by atoms with Gasteiger partial charge in [0.2, 0.25) is 0 Å². The number of ether oxygens (including phenoxy) is 1. The lowest BCUT2D eigenvalue weighted by atomic mass is 10.1. The molecule has 2 aromatic rings. The Kier molecular flexibility index (Phi) is 4.20. The first-order valence-corrected chi connectivity index (χ1v) is 6.49. The van der Waals surface area contributed by atoms with E-state index in [9.17, 15) is 0 Å². The molecule has 2 rings (SSSR count). The number of hydrogen-bond donors (Lipinski definition) is 1. The average Bonchev–Trinajstić information content (AvgIpc) is 2.39. The van der Waals surface area contributed by atoms with Gasteiger partial charge in [0.1, 0.15) is 5.75 Å². The topological polar surface area (TPSA) is 34.1 Å². The fourth-order valence-electron chi connectivity index (χ4n) is 1.73. The summed E-state index contributed by atoms with van der Waals surface area (Å²) in [6.07, 6.45) is 3.64. The molecule has 1 aromatic heterocycles. The van der Waals surface area contributed by atoms with Crippen LogP contribution in [0.4, 0.5) is 5.69 Å². The normalized spacial score (nSPS) is 11.9. The average molecular weight is 307 g/mol. The molecule has 0 bridgehead atoms. The van der Waals surface area contributed by atoms with Crippen molar-refractivity contribution >= 4 is 21.6 Å². The van der Waals surface area contributed by atoms with Gasteiger partial charge in [-0.1, -0.05) is 22.0 Å². The van der Waals surface area contributed by atoms with Crippen LogP contribution in [-0.4, -0.2) is 12.1 Å². The minimum Gasteiger partial charge on any atom is -0.497 e. The Morgan fingerprint density at radius 2 is 2.17 bits per heavy atom. The molecule has 0 saturated heterocycles. The third kappa shape index (κ3) is 3.23. The zero-order chi connectivity index (χ0) is 13.0. The molecule has 1 atom stereocenters. The summed E-state index contributed by atoms with van der Waals surface area (Å²) in [5.74, 6) is 0.824. The number of nitrogens with zero attached hydrogens (tertiary/aromatic N) is 1. The van der Waals surface area contributed by atoms with Crippen molar-refractivity contribution in [2.24, 2.45) is 0 Å². The Morgan fingerprint density at radius 1 is 1.33 bits per heavy atom. The van der Waals surface area contributed by atoms with Gasteiger partial charge < -0.3 is 10.1 Å². The molecule has 0 spiro atoms. The van der Waals surface area contributed by atoms with Gasteiger partial charge in [0.05, 0.1) is 13.2 Å². The van der Waals surface area contributed by atoms with Crippen molar-refractivity contribution in [2.75, 3.05) is 12.4 Å². The number of halogens is 1. The molecule has 0 radical (unpaired) electrons. The number of anilines is 1. The Hall–Kier alpha value is -1.55. The molecule has 0 amide bonds. The van der Waals surface area contributed by atoms with E-state index in [2.05, 4.69) is 39.2 Å². The molecule has 4 heteroatoms. The Bertz CT molecular complexity index is 516. The number of rotatable bonds is 4. The smallest absolute Gasteiger partial charge is 0.122 e. The van der Waals surface area contributed by atoms with Gasteiger partial charge in [-0.15, -0.1) is 0 Å². The molecule has 18 heavy (non-hydrogen) atoms. The molecule has 0 aliphatic rings. The van der Waals surface area contributed by atoms with Crippen LogP contribution >= 0.6 is 15.9 Å². The molecule has 94 valence electrons. The summed E-state index contributed by atoms with van der Waals surface area (Å²) in [7, 11) is 1.66. The summed E-state index contributed by atoms with van der Waals surface area (Å²) in [5, 5.41) is 3.42. The molecule has 0 saturated carbocycles. The molecule has 0 aliphatic heterocycles. The summed E-state index contributed by atoms with van der Waals surface area (Å²) in [6, 6.07) is 10.1. The fourth-order valence-corrected chi connectivity index (χ4v) is 2.20. The molecular formula is C14H15BrN2O. The first kappa shape index (κ1) is 12.9. The summed E-state index contributed by atoms with van der Waals surface area (Å²) < 4.78 is 6.23. The van der Waals surface area contributed by atoms with Gasteiger partial charge in [0.15, 0.2) is 0 Å². The summed E-state index contributed by atoms with van der Waals surface area (Å²) in [5.41, 5.74) is 2.16. The number of pyridine rings is 1. The van der Waals surface area contributed by atoms with Crippen LogP contribution in [0, 0.1) is 0 Å². The maximum Gasteiger partial charge on any atom is 0.122 e. The van der Waals surface area contributed by atoms with Crippen LogP contribution in [0.25, 0.3) is 0 Å². The summed E-state index contributed by atoms with van der Waals surface area (Å²) >= 11 is 3.47. The van der Waals surface area contributed by atoms with E-state index in [4.69, 9.17) is 4.74 Å². The van der Waals surface area contributed by atoms with E-state index in [1.165, 1.54) is 0 Å². The van der Waals surface area contributed by atoms with E-state index in [0.717, 1.165) is 21.5 Å². The van der Waals surface area contributed by atoms with Crippen LogP contribution in [0.15, 0.2) is 47.2 Å². The van der Waals surface area contributed by atoms with Crippen LogP contribution in [-0.2, 0) is 0 Å². The van der Waals surface area contributed by atoms with Crippen LogP contribution in [0.5, 0.6) is 5.75 Å². The highest BCUT2D eigenvalue weighted by Crippen LogP contribution is 2.27. The number of aromatic nitrogens is 1. The molecule has 1 N–H and O–H groups in total. The molecule has 0 fully saturated rings. The highest BCUT2D eigenvalue weighted by molar-refractivity contribution is 9.10. The number of methoxy groups -OCH3 is 1. The Morgan fingerprint density at radius 3 is 2.83 bits per heavy atom. The zero-order valence-corrected chi connectivity index (χ0v) is 11.9. The van der Waals surface area contributed by atoms with Crippen molar-refractivity contribution in [3.05, 3.63) is 52.8 Å². The third-order valence-electron chi connectivity index (χ3n) is 2.67. The summed E-state index contributed by atoms with van der Waals surface area (Å²) in [4.78, 5) is 4.12. The van der Waals surface area contributed by atoms with Gasteiger partial charge in [0, 0.05) is 28.6 Å². The van der Waals surface area contributed by atoms with Gasteiger partial charge in [0.25, 0.3) is 0 Å². The Balaban J connectivity index is 2.16. The van der Waals surface area contributed by atoms with Crippen molar-refractivity contribution < 1.29 is 4.74 Å². The quantitative estimate of drug-likeness (QED) is 0.926. The largest absolute Gasteiger partial charge is 0.497 e. The minimum atomic E-state index is 0.192. The summed E-state index contributed by atoms with van der Waals surface area (Å²) in [6.45, 7) is 2.10. The van der Waals surface area contributed by atoms with Gasteiger partial charge in [-0.2, -0.15) is 0 Å². The van der Waals surface area contributed by atoms with Gasteiger partial charge in [-0.3, -0.25) is 4.98 Å². The van der Waals surface area contributed by atoms with Crippen LogP contribution in [0.3, 0.4) is 0 Å². The van der Waals surface area contributed by atoms with Crippen LogP contribution in [0.1, 0.15) is 18.5 Å². The second kappa shape index (κ2) is 5.87. The second-order valence-electron chi connectivity index (χ2n) is 4.03. The lowest BCUT2D eigenvalue weighted by Gasteiger charge is -2.16. The van der Waals surface area contributed by atoms with Crippen LogP contribution in [0.2, 0.25) is 0 Å². The van der Waals surface area contributed by atoms with E-state index < -0.39 is 0 Å².